The zero-order valence-corrected chi connectivity index (χ0v) is 13.7. The first-order valence-corrected chi connectivity index (χ1v) is 7.56. The first kappa shape index (κ1) is 16.6. The van der Waals surface area contributed by atoms with E-state index in [0.29, 0.717) is 12.2 Å². The Balaban J connectivity index is 1.96. The second-order valence-corrected chi connectivity index (χ2v) is 5.60. The van der Waals surface area contributed by atoms with E-state index in [9.17, 15) is 9.90 Å². The number of rotatable bonds is 5. The second-order valence-electron chi connectivity index (χ2n) is 4.68. The number of phenolic OH excluding ortho intramolecular Hbond substituents is 1. The summed E-state index contributed by atoms with van der Waals surface area (Å²) in [4.78, 5) is 12.0. The van der Waals surface area contributed by atoms with Crippen molar-refractivity contribution < 1.29 is 9.90 Å². The molecule has 0 heterocycles. The van der Waals surface area contributed by atoms with Gasteiger partial charge >= 0.3 is 0 Å². The van der Waals surface area contributed by atoms with Crippen molar-refractivity contribution in [3.63, 3.8) is 0 Å². The smallest absolute Gasteiger partial charge is 0.267 e. The molecule has 1 amide bonds. The number of carbonyl (C=O) groups excluding carboxylic acids is 1. The Labute approximate surface area is 142 Å². The molecule has 0 fully saturated rings. The predicted octanol–water partition coefficient (Wildman–Crippen LogP) is 3.29. The van der Waals surface area contributed by atoms with Gasteiger partial charge in [-0.2, -0.15) is 5.26 Å². The molecule has 0 saturated carbocycles. The number of anilines is 1. The summed E-state index contributed by atoms with van der Waals surface area (Å²) >= 11 is 3.36. The Morgan fingerprint density at radius 2 is 2.00 bits per heavy atom. The number of phenols is 1. The highest BCUT2D eigenvalue weighted by atomic mass is 79.9. The van der Waals surface area contributed by atoms with Gasteiger partial charge in [0.25, 0.3) is 5.91 Å². The molecular weight excluding hydrogens is 358 g/mol. The number of aromatic hydroxyl groups is 1. The van der Waals surface area contributed by atoms with Gasteiger partial charge in [0.15, 0.2) is 0 Å². The van der Waals surface area contributed by atoms with Gasteiger partial charge in [-0.3, -0.25) is 4.79 Å². The van der Waals surface area contributed by atoms with Crippen LogP contribution >= 0.6 is 15.9 Å². The van der Waals surface area contributed by atoms with Crippen LogP contribution in [0, 0.1) is 11.3 Å². The fourth-order valence-corrected chi connectivity index (χ4v) is 2.07. The van der Waals surface area contributed by atoms with Crippen LogP contribution in [0.1, 0.15) is 5.56 Å². The summed E-state index contributed by atoms with van der Waals surface area (Å²) in [5, 5.41) is 23.9. The lowest BCUT2D eigenvalue weighted by atomic mass is 10.2. The Hall–Kier alpha value is -2.78. The van der Waals surface area contributed by atoms with E-state index in [1.807, 2.05) is 30.3 Å². The SMILES string of the molecule is N#C/C(=C/NCc1ccc(Br)cc1)C(=O)Nc1cccc(O)c1. The first-order chi connectivity index (χ1) is 11.1. The fourth-order valence-electron chi connectivity index (χ4n) is 1.80. The van der Waals surface area contributed by atoms with E-state index in [-0.39, 0.29) is 11.3 Å². The molecule has 2 aromatic rings. The van der Waals surface area contributed by atoms with Gasteiger partial charge in [-0.1, -0.05) is 34.1 Å². The lowest BCUT2D eigenvalue weighted by Gasteiger charge is -2.06. The van der Waals surface area contributed by atoms with Crippen LogP contribution in [0.5, 0.6) is 5.75 Å². The molecular formula is C17H14BrN3O2. The summed E-state index contributed by atoms with van der Waals surface area (Å²) in [7, 11) is 0. The minimum atomic E-state index is -0.540. The molecule has 6 heteroatoms. The maximum absolute atomic E-state index is 12.0. The minimum absolute atomic E-state index is 0.0404. The lowest BCUT2D eigenvalue weighted by Crippen LogP contribution is -2.16. The standard InChI is InChI=1S/C17H14BrN3O2/c18-14-6-4-12(5-7-14)10-20-11-13(9-19)17(23)21-15-2-1-3-16(22)8-15/h1-8,11,20,22H,10H2,(H,21,23)/b13-11-. The zero-order chi connectivity index (χ0) is 16.7. The zero-order valence-electron chi connectivity index (χ0n) is 12.1. The van der Waals surface area contributed by atoms with E-state index in [0.717, 1.165) is 10.0 Å². The summed E-state index contributed by atoms with van der Waals surface area (Å²) in [6, 6.07) is 15.7. The normalized spacial score (nSPS) is 10.7. The molecule has 23 heavy (non-hydrogen) atoms. The molecule has 0 saturated heterocycles. The Kier molecular flexibility index (Phi) is 5.78. The van der Waals surface area contributed by atoms with Crippen molar-refractivity contribution >= 4 is 27.5 Å². The quantitative estimate of drug-likeness (QED) is 0.556. The van der Waals surface area contributed by atoms with Crippen molar-refractivity contribution in [1.82, 2.24) is 5.32 Å². The maximum atomic E-state index is 12.0. The highest BCUT2D eigenvalue weighted by molar-refractivity contribution is 9.10. The third kappa shape index (κ3) is 5.16. The van der Waals surface area contributed by atoms with Crippen LogP contribution in [0.4, 0.5) is 5.69 Å². The number of nitriles is 1. The highest BCUT2D eigenvalue weighted by Crippen LogP contribution is 2.16. The maximum Gasteiger partial charge on any atom is 0.267 e. The largest absolute Gasteiger partial charge is 0.508 e. The molecule has 2 aromatic carbocycles. The van der Waals surface area contributed by atoms with Gasteiger partial charge in [0, 0.05) is 29.0 Å². The molecule has 5 nitrogen and oxygen atoms in total. The third-order valence-electron chi connectivity index (χ3n) is 2.93. The van der Waals surface area contributed by atoms with Gasteiger partial charge < -0.3 is 15.7 Å². The van der Waals surface area contributed by atoms with Crippen LogP contribution in [-0.4, -0.2) is 11.0 Å². The van der Waals surface area contributed by atoms with Crippen LogP contribution in [0.2, 0.25) is 0 Å². The Bertz CT molecular complexity index is 764. The molecule has 0 atom stereocenters. The van der Waals surface area contributed by atoms with E-state index >= 15 is 0 Å². The molecule has 0 aliphatic rings. The Morgan fingerprint density at radius 3 is 2.65 bits per heavy atom. The molecule has 0 aliphatic carbocycles. The summed E-state index contributed by atoms with van der Waals surface area (Å²) in [5.74, 6) is -0.500. The summed E-state index contributed by atoms with van der Waals surface area (Å²) in [6.07, 6.45) is 1.38. The predicted molar refractivity (Wildman–Crippen MR) is 91.4 cm³/mol. The van der Waals surface area contributed by atoms with Crippen molar-refractivity contribution in [2.75, 3.05) is 5.32 Å². The van der Waals surface area contributed by atoms with E-state index in [2.05, 4.69) is 26.6 Å². The third-order valence-corrected chi connectivity index (χ3v) is 3.46. The van der Waals surface area contributed by atoms with Crippen molar-refractivity contribution in [3.8, 4) is 11.8 Å². The number of halogens is 1. The van der Waals surface area contributed by atoms with Crippen molar-refractivity contribution in [2.24, 2.45) is 0 Å². The van der Waals surface area contributed by atoms with Crippen molar-refractivity contribution in [1.29, 1.82) is 5.26 Å². The van der Waals surface area contributed by atoms with E-state index in [1.165, 1.54) is 18.3 Å². The molecule has 116 valence electrons. The molecule has 0 unspecified atom stereocenters. The minimum Gasteiger partial charge on any atom is -0.508 e. The second kappa shape index (κ2) is 8.01. The fraction of sp³-hybridized carbons (Fsp3) is 0.0588. The number of hydrogen-bond donors (Lipinski definition) is 3. The summed E-state index contributed by atoms with van der Waals surface area (Å²) < 4.78 is 0.986. The number of nitrogens with zero attached hydrogens (tertiary/aromatic N) is 1. The van der Waals surface area contributed by atoms with E-state index in [4.69, 9.17) is 5.26 Å². The van der Waals surface area contributed by atoms with Gasteiger partial charge in [0.2, 0.25) is 0 Å². The summed E-state index contributed by atoms with van der Waals surface area (Å²) in [5.41, 5.74) is 1.39. The van der Waals surface area contributed by atoms with Gasteiger partial charge in [-0.25, -0.2) is 0 Å². The van der Waals surface area contributed by atoms with E-state index in [1.54, 1.807) is 12.1 Å². The number of amides is 1. The average molecular weight is 372 g/mol. The van der Waals surface area contributed by atoms with Gasteiger partial charge in [-0.15, -0.1) is 0 Å². The molecule has 0 spiro atoms. The number of nitrogens with one attached hydrogen (secondary N) is 2. The van der Waals surface area contributed by atoms with Crippen LogP contribution < -0.4 is 10.6 Å². The number of carbonyl (C=O) groups is 1. The molecule has 0 bridgehead atoms. The van der Waals surface area contributed by atoms with E-state index < -0.39 is 5.91 Å². The first-order valence-electron chi connectivity index (χ1n) is 6.77. The molecule has 2 rings (SSSR count). The van der Waals surface area contributed by atoms with Gasteiger partial charge in [0.05, 0.1) is 0 Å². The lowest BCUT2D eigenvalue weighted by molar-refractivity contribution is -0.112. The van der Waals surface area contributed by atoms with Crippen LogP contribution in [-0.2, 0) is 11.3 Å². The van der Waals surface area contributed by atoms with Gasteiger partial charge in [-0.05, 0) is 29.8 Å². The van der Waals surface area contributed by atoms with Crippen LogP contribution in [0.15, 0.2) is 64.8 Å². The topological polar surface area (TPSA) is 85.2 Å². The monoisotopic (exact) mass is 371 g/mol. The van der Waals surface area contributed by atoms with Crippen LogP contribution in [0.25, 0.3) is 0 Å². The van der Waals surface area contributed by atoms with Gasteiger partial charge in [0.1, 0.15) is 17.4 Å². The highest BCUT2D eigenvalue weighted by Gasteiger charge is 2.09. The molecule has 3 N–H and O–H groups in total. The molecule has 0 aromatic heterocycles. The number of hydrogen-bond acceptors (Lipinski definition) is 4. The summed E-state index contributed by atoms with van der Waals surface area (Å²) in [6.45, 7) is 0.498. The molecule has 0 radical (unpaired) electrons. The molecule has 0 aliphatic heterocycles. The van der Waals surface area contributed by atoms with Crippen molar-refractivity contribution in [2.45, 2.75) is 6.54 Å². The van der Waals surface area contributed by atoms with Crippen molar-refractivity contribution in [3.05, 3.63) is 70.3 Å². The average Bonchev–Trinajstić information content (AvgIpc) is 2.53. The van der Waals surface area contributed by atoms with Crippen LogP contribution in [0.3, 0.4) is 0 Å². The Morgan fingerprint density at radius 1 is 1.26 bits per heavy atom. The number of benzene rings is 2.